The Kier molecular flexibility index (Phi) is 5.89. The fourth-order valence-electron chi connectivity index (χ4n) is 4.91. The van der Waals surface area contributed by atoms with E-state index in [9.17, 15) is 8.42 Å². The number of benzene rings is 3. The lowest BCUT2D eigenvalue weighted by atomic mass is 9.77. The number of allylic oxidation sites excluding steroid dienone is 2. The van der Waals surface area contributed by atoms with Crippen LogP contribution in [0.5, 0.6) is 0 Å². The van der Waals surface area contributed by atoms with Crippen molar-refractivity contribution in [2.75, 3.05) is 10.0 Å². The number of nitrogens with one attached hydrogen (secondary N) is 2. The second-order valence-electron chi connectivity index (χ2n) is 8.51. The summed E-state index contributed by atoms with van der Waals surface area (Å²) in [4.78, 5) is 0.265. The van der Waals surface area contributed by atoms with Gasteiger partial charge in [0.25, 0.3) is 10.0 Å². The number of sulfonamides is 1. The highest BCUT2D eigenvalue weighted by atomic mass is 35.5. The Hall–Kier alpha value is -2.47. The molecular weight excluding hydrogens is 475 g/mol. The molecule has 0 saturated heterocycles. The minimum absolute atomic E-state index is 0.0595. The van der Waals surface area contributed by atoms with Crippen molar-refractivity contribution in [1.29, 1.82) is 0 Å². The molecule has 0 amide bonds. The van der Waals surface area contributed by atoms with Gasteiger partial charge in [0, 0.05) is 11.6 Å². The Morgan fingerprint density at radius 2 is 1.85 bits per heavy atom. The molecule has 0 aromatic heterocycles. The fourth-order valence-corrected chi connectivity index (χ4v) is 6.35. The summed E-state index contributed by atoms with van der Waals surface area (Å²) in [5.41, 5.74) is 4.59. The van der Waals surface area contributed by atoms with Gasteiger partial charge in [-0.25, -0.2) is 8.42 Å². The van der Waals surface area contributed by atoms with E-state index in [4.69, 9.17) is 23.2 Å². The molecule has 2 N–H and O–H groups in total. The highest BCUT2D eigenvalue weighted by molar-refractivity contribution is 7.92. The number of anilines is 2. The molecule has 0 bridgehead atoms. The zero-order chi connectivity index (χ0) is 23.2. The average Bonchev–Trinajstić information content (AvgIpc) is 3.30. The number of hydrogen-bond acceptors (Lipinski definition) is 3. The summed E-state index contributed by atoms with van der Waals surface area (Å²) in [5, 5.41) is 4.68. The van der Waals surface area contributed by atoms with Crippen LogP contribution in [0.15, 0.2) is 77.7 Å². The van der Waals surface area contributed by atoms with Crippen LogP contribution in [-0.2, 0) is 16.4 Å². The van der Waals surface area contributed by atoms with Gasteiger partial charge in [0.2, 0.25) is 0 Å². The molecule has 0 spiro atoms. The molecule has 0 unspecified atom stereocenters. The third kappa shape index (κ3) is 4.14. The lowest BCUT2D eigenvalue weighted by Crippen LogP contribution is -2.29. The van der Waals surface area contributed by atoms with E-state index in [2.05, 4.69) is 22.2 Å². The molecular formula is C26H24Cl2N2O2S. The van der Waals surface area contributed by atoms with Crippen LogP contribution in [0.3, 0.4) is 0 Å². The van der Waals surface area contributed by atoms with Crippen molar-refractivity contribution < 1.29 is 8.42 Å². The Morgan fingerprint density at radius 1 is 1.03 bits per heavy atom. The average molecular weight is 499 g/mol. The Labute approximate surface area is 204 Å². The number of halogens is 2. The van der Waals surface area contributed by atoms with E-state index in [0.29, 0.717) is 15.7 Å². The monoisotopic (exact) mass is 498 g/mol. The van der Waals surface area contributed by atoms with Crippen LogP contribution in [0, 0.1) is 5.92 Å². The smallest absolute Gasteiger partial charge is 0.261 e. The van der Waals surface area contributed by atoms with E-state index in [0.717, 1.165) is 35.2 Å². The molecule has 3 atom stereocenters. The van der Waals surface area contributed by atoms with Crippen LogP contribution in [0.25, 0.3) is 0 Å². The minimum Gasteiger partial charge on any atom is -0.378 e. The number of hydrogen-bond donors (Lipinski definition) is 2. The molecule has 1 aliphatic heterocycles. The number of rotatable bonds is 5. The summed E-state index contributed by atoms with van der Waals surface area (Å²) in [6.07, 6.45) is 6.01. The lowest BCUT2D eigenvalue weighted by Gasteiger charge is -2.37. The second-order valence-corrected chi connectivity index (χ2v) is 11.0. The Balaban J connectivity index is 1.49. The standard InChI is InChI=1S/C26H24Cl2N2O2S/c1-2-16-6-3-4-9-24(16)30-33(31,32)18-11-13-25-21(15-18)19-7-5-8-20(19)26(29-25)17-10-12-22(27)23(28)14-17/h3-7,9-15,19-20,26,29-30H,2,8H2,1H3/t19-,20+,26+/m0/s1. The van der Waals surface area contributed by atoms with Crippen LogP contribution < -0.4 is 10.0 Å². The topological polar surface area (TPSA) is 58.2 Å². The molecule has 7 heteroatoms. The summed E-state index contributed by atoms with van der Waals surface area (Å²) >= 11 is 12.4. The third-order valence-electron chi connectivity index (χ3n) is 6.59. The molecule has 0 radical (unpaired) electrons. The molecule has 3 aromatic rings. The van der Waals surface area contributed by atoms with Gasteiger partial charge in [0.15, 0.2) is 0 Å². The van der Waals surface area contributed by atoms with Crippen molar-refractivity contribution in [1.82, 2.24) is 0 Å². The maximum absolute atomic E-state index is 13.2. The largest absolute Gasteiger partial charge is 0.378 e. The molecule has 3 aromatic carbocycles. The molecule has 0 saturated carbocycles. The normalized spacial score (nSPS) is 21.2. The third-order valence-corrected chi connectivity index (χ3v) is 8.69. The molecule has 170 valence electrons. The van der Waals surface area contributed by atoms with Gasteiger partial charge in [0.1, 0.15) is 0 Å². The summed E-state index contributed by atoms with van der Waals surface area (Å²) in [5.74, 6) is 0.389. The first-order chi connectivity index (χ1) is 15.9. The summed E-state index contributed by atoms with van der Waals surface area (Å²) in [6, 6.07) is 18.6. The van der Waals surface area contributed by atoms with Gasteiger partial charge in [-0.15, -0.1) is 0 Å². The number of aryl methyl sites for hydroxylation is 1. The zero-order valence-corrected chi connectivity index (χ0v) is 20.4. The van der Waals surface area contributed by atoms with E-state index >= 15 is 0 Å². The van der Waals surface area contributed by atoms with E-state index in [1.54, 1.807) is 18.2 Å². The van der Waals surface area contributed by atoms with E-state index in [-0.39, 0.29) is 22.8 Å². The maximum atomic E-state index is 13.2. The fraction of sp³-hybridized carbons (Fsp3) is 0.231. The predicted molar refractivity (Wildman–Crippen MR) is 136 cm³/mol. The van der Waals surface area contributed by atoms with Crippen LogP contribution in [0.2, 0.25) is 10.0 Å². The lowest BCUT2D eigenvalue weighted by molar-refractivity contribution is 0.425. The zero-order valence-electron chi connectivity index (χ0n) is 18.1. The Morgan fingerprint density at radius 3 is 2.64 bits per heavy atom. The summed E-state index contributed by atoms with van der Waals surface area (Å²) in [6.45, 7) is 2.01. The molecule has 4 nitrogen and oxygen atoms in total. The first-order valence-corrected chi connectivity index (χ1v) is 13.2. The molecule has 5 rings (SSSR count). The van der Waals surface area contributed by atoms with Crippen molar-refractivity contribution in [3.8, 4) is 0 Å². The minimum atomic E-state index is -3.72. The highest BCUT2D eigenvalue weighted by Gasteiger charge is 2.38. The van der Waals surface area contributed by atoms with Gasteiger partial charge in [-0.1, -0.05) is 66.5 Å². The van der Waals surface area contributed by atoms with Crippen molar-refractivity contribution in [3.63, 3.8) is 0 Å². The molecule has 1 heterocycles. The van der Waals surface area contributed by atoms with E-state index < -0.39 is 10.0 Å². The van der Waals surface area contributed by atoms with Crippen LogP contribution in [0.1, 0.15) is 42.0 Å². The summed E-state index contributed by atoms with van der Waals surface area (Å²) in [7, 11) is -3.72. The Bertz CT molecular complexity index is 1350. The van der Waals surface area contributed by atoms with Gasteiger partial charge in [-0.05, 0) is 71.8 Å². The van der Waals surface area contributed by atoms with Crippen molar-refractivity contribution in [3.05, 3.63) is 99.6 Å². The molecule has 33 heavy (non-hydrogen) atoms. The van der Waals surface area contributed by atoms with Crippen molar-refractivity contribution in [2.24, 2.45) is 5.92 Å². The van der Waals surface area contributed by atoms with Crippen LogP contribution in [-0.4, -0.2) is 8.42 Å². The number of para-hydroxylation sites is 1. The van der Waals surface area contributed by atoms with Gasteiger partial charge in [-0.2, -0.15) is 0 Å². The van der Waals surface area contributed by atoms with E-state index in [1.165, 1.54) is 0 Å². The highest BCUT2D eigenvalue weighted by Crippen LogP contribution is 2.50. The van der Waals surface area contributed by atoms with E-state index in [1.807, 2.05) is 49.4 Å². The van der Waals surface area contributed by atoms with Crippen molar-refractivity contribution in [2.45, 2.75) is 36.6 Å². The van der Waals surface area contributed by atoms with Gasteiger partial charge < -0.3 is 5.32 Å². The molecule has 2 aliphatic rings. The van der Waals surface area contributed by atoms with Crippen molar-refractivity contribution >= 4 is 44.6 Å². The predicted octanol–water partition coefficient (Wildman–Crippen LogP) is 7.18. The first-order valence-electron chi connectivity index (χ1n) is 11.0. The van der Waals surface area contributed by atoms with Crippen LogP contribution in [0.4, 0.5) is 11.4 Å². The SMILES string of the molecule is CCc1ccccc1NS(=O)(=O)c1ccc2c(c1)[C@H]1C=CC[C@H]1[C@@H](c1ccc(Cl)c(Cl)c1)N2. The second kappa shape index (κ2) is 8.71. The number of fused-ring (bicyclic) bond motifs is 3. The van der Waals surface area contributed by atoms with Gasteiger partial charge >= 0.3 is 0 Å². The maximum Gasteiger partial charge on any atom is 0.261 e. The first kappa shape index (κ1) is 22.3. The summed E-state index contributed by atoms with van der Waals surface area (Å²) < 4.78 is 29.2. The quantitative estimate of drug-likeness (QED) is 0.366. The molecule has 0 fully saturated rings. The van der Waals surface area contributed by atoms with Gasteiger partial charge in [-0.3, -0.25) is 4.72 Å². The van der Waals surface area contributed by atoms with Gasteiger partial charge in [0.05, 0.1) is 26.7 Å². The molecule has 1 aliphatic carbocycles. The van der Waals surface area contributed by atoms with Crippen LogP contribution >= 0.6 is 23.2 Å².